The smallest absolute Gasteiger partial charge is 0.146 e. The summed E-state index contributed by atoms with van der Waals surface area (Å²) in [5.41, 5.74) is 6.18. The summed E-state index contributed by atoms with van der Waals surface area (Å²) in [6.45, 7) is 0. The summed E-state index contributed by atoms with van der Waals surface area (Å²) in [6.07, 6.45) is 0. The van der Waals surface area contributed by atoms with Crippen LogP contribution in [-0.4, -0.2) is 0 Å². The first-order valence-corrected chi connectivity index (χ1v) is 5.40. The predicted octanol–water partition coefficient (Wildman–Crippen LogP) is 4.37. The molecule has 0 saturated heterocycles. The van der Waals surface area contributed by atoms with E-state index in [0.29, 0.717) is 27.2 Å². The van der Waals surface area contributed by atoms with E-state index in [1.165, 1.54) is 0 Å². The summed E-state index contributed by atoms with van der Waals surface area (Å²) in [5, 5.41) is 0.996. The van der Waals surface area contributed by atoms with Crippen molar-refractivity contribution in [3.05, 3.63) is 52.5 Å². The van der Waals surface area contributed by atoms with Crippen molar-refractivity contribution in [3.8, 4) is 11.5 Å². The molecule has 0 aliphatic heterocycles. The SMILES string of the molecule is Nc1ccc(Oc2ccccc2Cl)c(Cl)c1. The maximum Gasteiger partial charge on any atom is 0.146 e. The van der Waals surface area contributed by atoms with Gasteiger partial charge < -0.3 is 10.5 Å². The van der Waals surface area contributed by atoms with Gasteiger partial charge in [-0.05, 0) is 30.3 Å². The minimum atomic E-state index is 0.458. The minimum absolute atomic E-state index is 0.458. The van der Waals surface area contributed by atoms with Gasteiger partial charge in [0.15, 0.2) is 0 Å². The van der Waals surface area contributed by atoms with Crippen molar-refractivity contribution in [1.29, 1.82) is 0 Å². The van der Waals surface area contributed by atoms with E-state index in [1.54, 1.807) is 30.3 Å². The summed E-state index contributed by atoms with van der Waals surface area (Å²) in [6, 6.07) is 12.3. The van der Waals surface area contributed by atoms with Crippen LogP contribution in [-0.2, 0) is 0 Å². The molecule has 2 aromatic rings. The van der Waals surface area contributed by atoms with Crippen LogP contribution in [0.4, 0.5) is 5.69 Å². The van der Waals surface area contributed by atoms with Crippen molar-refractivity contribution in [2.75, 3.05) is 5.73 Å². The Kier molecular flexibility index (Phi) is 3.22. The van der Waals surface area contributed by atoms with Crippen LogP contribution in [0.3, 0.4) is 0 Å². The zero-order valence-corrected chi connectivity index (χ0v) is 9.79. The Labute approximate surface area is 104 Å². The number of halogens is 2. The van der Waals surface area contributed by atoms with E-state index < -0.39 is 0 Å². The van der Waals surface area contributed by atoms with E-state index in [4.69, 9.17) is 33.7 Å². The van der Waals surface area contributed by atoms with Crippen molar-refractivity contribution >= 4 is 28.9 Å². The van der Waals surface area contributed by atoms with Crippen molar-refractivity contribution < 1.29 is 4.74 Å². The lowest BCUT2D eigenvalue weighted by molar-refractivity contribution is 0.483. The summed E-state index contributed by atoms with van der Waals surface area (Å²) < 4.78 is 5.58. The summed E-state index contributed by atoms with van der Waals surface area (Å²) in [7, 11) is 0. The van der Waals surface area contributed by atoms with E-state index >= 15 is 0 Å². The molecule has 0 saturated carbocycles. The van der Waals surface area contributed by atoms with Gasteiger partial charge in [-0.15, -0.1) is 0 Å². The molecule has 2 aromatic carbocycles. The molecule has 2 N–H and O–H groups in total. The standard InChI is InChI=1S/C12H9Cl2NO/c13-9-3-1-2-4-11(9)16-12-6-5-8(15)7-10(12)14/h1-7H,15H2. The van der Waals surface area contributed by atoms with Crippen molar-refractivity contribution in [2.45, 2.75) is 0 Å². The van der Waals surface area contributed by atoms with Crippen LogP contribution in [0, 0.1) is 0 Å². The molecular formula is C12H9Cl2NO. The average Bonchev–Trinajstić information content (AvgIpc) is 2.25. The quantitative estimate of drug-likeness (QED) is 0.807. The molecule has 82 valence electrons. The molecule has 0 aliphatic carbocycles. The molecule has 0 unspecified atom stereocenters. The maximum absolute atomic E-state index is 5.98. The Morgan fingerprint density at radius 1 is 0.875 bits per heavy atom. The monoisotopic (exact) mass is 253 g/mol. The number of rotatable bonds is 2. The second-order valence-electron chi connectivity index (χ2n) is 3.22. The lowest BCUT2D eigenvalue weighted by Gasteiger charge is -2.09. The second kappa shape index (κ2) is 4.64. The van der Waals surface area contributed by atoms with Crippen molar-refractivity contribution in [2.24, 2.45) is 0 Å². The molecule has 2 rings (SSSR count). The topological polar surface area (TPSA) is 35.2 Å². The number of nitrogen functional groups attached to an aromatic ring is 1. The molecule has 0 amide bonds. The van der Waals surface area contributed by atoms with Gasteiger partial charge in [-0.3, -0.25) is 0 Å². The van der Waals surface area contributed by atoms with E-state index in [9.17, 15) is 0 Å². The zero-order valence-electron chi connectivity index (χ0n) is 8.28. The van der Waals surface area contributed by atoms with E-state index in [1.807, 2.05) is 12.1 Å². The molecule has 0 aromatic heterocycles. The fraction of sp³-hybridized carbons (Fsp3) is 0. The van der Waals surface area contributed by atoms with Crippen LogP contribution in [0.1, 0.15) is 0 Å². The summed E-state index contributed by atoms with van der Waals surface area (Å²) in [5.74, 6) is 1.10. The number of hydrogen-bond acceptors (Lipinski definition) is 2. The molecule has 0 aliphatic rings. The van der Waals surface area contributed by atoms with Gasteiger partial charge in [0.1, 0.15) is 11.5 Å². The predicted molar refractivity (Wildman–Crippen MR) is 67.4 cm³/mol. The Hall–Kier alpha value is -1.38. The first kappa shape index (κ1) is 11.1. The van der Waals surface area contributed by atoms with Gasteiger partial charge in [0.05, 0.1) is 10.0 Å². The summed E-state index contributed by atoms with van der Waals surface area (Å²) in [4.78, 5) is 0. The van der Waals surface area contributed by atoms with Crippen LogP contribution in [0.5, 0.6) is 11.5 Å². The lowest BCUT2D eigenvalue weighted by Crippen LogP contribution is -1.88. The molecule has 0 spiro atoms. The number of anilines is 1. The molecule has 0 radical (unpaired) electrons. The normalized spacial score (nSPS) is 10.1. The Bertz CT molecular complexity index is 514. The highest BCUT2D eigenvalue weighted by atomic mass is 35.5. The Morgan fingerprint density at radius 3 is 2.25 bits per heavy atom. The fourth-order valence-electron chi connectivity index (χ4n) is 1.25. The van der Waals surface area contributed by atoms with Gasteiger partial charge in [0, 0.05) is 5.69 Å². The highest BCUT2D eigenvalue weighted by Crippen LogP contribution is 2.34. The maximum atomic E-state index is 5.98. The molecule has 0 fully saturated rings. The average molecular weight is 254 g/mol. The van der Waals surface area contributed by atoms with E-state index in [2.05, 4.69) is 0 Å². The molecule has 0 atom stereocenters. The van der Waals surface area contributed by atoms with Crippen LogP contribution in [0.2, 0.25) is 10.0 Å². The second-order valence-corrected chi connectivity index (χ2v) is 4.04. The van der Waals surface area contributed by atoms with E-state index in [0.717, 1.165) is 0 Å². The molecular weight excluding hydrogens is 245 g/mol. The third-order valence-electron chi connectivity index (χ3n) is 2.01. The Balaban J connectivity index is 2.31. The largest absolute Gasteiger partial charge is 0.454 e. The fourth-order valence-corrected chi connectivity index (χ4v) is 1.65. The third-order valence-corrected chi connectivity index (χ3v) is 2.62. The van der Waals surface area contributed by atoms with Gasteiger partial charge in [-0.2, -0.15) is 0 Å². The molecule has 0 bridgehead atoms. The van der Waals surface area contributed by atoms with Gasteiger partial charge in [-0.25, -0.2) is 0 Å². The highest BCUT2D eigenvalue weighted by Gasteiger charge is 2.05. The van der Waals surface area contributed by atoms with Crippen LogP contribution in [0.25, 0.3) is 0 Å². The number of para-hydroxylation sites is 1. The first-order chi connectivity index (χ1) is 7.66. The molecule has 0 heterocycles. The molecule has 2 nitrogen and oxygen atoms in total. The molecule has 4 heteroatoms. The third kappa shape index (κ3) is 2.40. The van der Waals surface area contributed by atoms with Gasteiger partial charge in [-0.1, -0.05) is 35.3 Å². The molecule has 16 heavy (non-hydrogen) atoms. The van der Waals surface area contributed by atoms with Crippen molar-refractivity contribution in [3.63, 3.8) is 0 Å². The highest BCUT2D eigenvalue weighted by molar-refractivity contribution is 6.33. The van der Waals surface area contributed by atoms with Gasteiger partial charge in [0.25, 0.3) is 0 Å². The van der Waals surface area contributed by atoms with E-state index in [-0.39, 0.29) is 0 Å². The number of hydrogen-bond donors (Lipinski definition) is 1. The van der Waals surface area contributed by atoms with Crippen LogP contribution in [0.15, 0.2) is 42.5 Å². The van der Waals surface area contributed by atoms with Crippen LogP contribution >= 0.6 is 23.2 Å². The first-order valence-electron chi connectivity index (χ1n) is 4.64. The van der Waals surface area contributed by atoms with Crippen LogP contribution < -0.4 is 10.5 Å². The summed E-state index contributed by atoms with van der Waals surface area (Å²) >= 11 is 11.9. The van der Waals surface area contributed by atoms with Gasteiger partial charge >= 0.3 is 0 Å². The van der Waals surface area contributed by atoms with Gasteiger partial charge in [0.2, 0.25) is 0 Å². The minimum Gasteiger partial charge on any atom is -0.454 e. The lowest BCUT2D eigenvalue weighted by atomic mass is 10.3. The zero-order chi connectivity index (χ0) is 11.5. The Morgan fingerprint density at radius 2 is 1.56 bits per heavy atom. The van der Waals surface area contributed by atoms with Crippen molar-refractivity contribution in [1.82, 2.24) is 0 Å². The number of benzene rings is 2. The number of ether oxygens (including phenoxy) is 1. The number of nitrogens with two attached hydrogens (primary N) is 1.